The van der Waals surface area contributed by atoms with E-state index in [0.717, 1.165) is 52.4 Å². The molecule has 144 valence electrons. The van der Waals surface area contributed by atoms with Crippen molar-refractivity contribution < 1.29 is 4.79 Å². The van der Waals surface area contributed by atoms with Crippen molar-refractivity contribution in [2.24, 2.45) is 0 Å². The Morgan fingerprint density at radius 3 is 2.19 bits per heavy atom. The molecule has 3 rings (SSSR count). The van der Waals surface area contributed by atoms with Crippen LogP contribution >= 0.6 is 0 Å². The van der Waals surface area contributed by atoms with Crippen LogP contribution < -0.4 is 4.90 Å². The van der Waals surface area contributed by atoms with Crippen molar-refractivity contribution in [1.29, 1.82) is 0 Å². The molecule has 2 fully saturated rings. The van der Waals surface area contributed by atoms with Crippen molar-refractivity contribution in [2.45, 2.75) is 33.7 Å². The quantitative estimate of drug-likeness (QED) is 0.823. The molecule has 2 saturated heterocycles. The number of carbonyl (C=O) groups excluding carboxylic acids is 1. The van der Waals surface area contributed by atoms with Gasteiger partial charge in [0.2, 0.25) is 5.91 Å². The van der Waals surface area contributed by atoms with E-state index in [9.17, 15) is 4.79 Å². The summed E-state index contributed by atoms with van der Waals surface area (Å²) in [4.78, 5) is 21.9. The topological polar surface area (TPSA) is 30.0 Å². The number of piperazine rings is 2. The lowest BCUT2D eigenvalue weighted by atomic mass is 10.1. The van der Waals surface area contributed by atoms with E-state index in [1.165, 1.54) is 16.8 Å². The van der Waals surface area contributed by atoms with Crippen molar-refractivity contribution >= 4 is 11.6 Å². The predicted molar refractivity (Wildman–Crippen MR) is 108 cm³/mol. The number of aryl methyl sites for hydroxylation is 2. The molecular formula is C21H34N4O. The van der Waals surface area contributed by atoms with Crippen LogP contribution in [0.15, 0.2) is 18.2 Å². The van der Waals surface area contributed by atoms with Gasteiger partial charge in [0, 0.05) is 64.1 Å². The zero-order chi connectivity index (χ0) is 18.7. The molecule has 0 aromatic heterocycles. The molecule has 0 aliphatic carbocycles. The van der Waals surface area contributed by atoms with E-state index in [2.05, 4.69) is 65.5 Å². The number of nitrogens with zero attached hydrogens (tertiary/aromatic N) is 4. The Kier molecular flexibility index (Phi) is 6.20. The highest BCUT2D eigenvalue weighted by Crippen LogP contribution is 2.22. The van der Waals surface area contributed by atoms with Gasteiger partial charge in [-0.2, -0.15) is 0 Å². The van der Waals surface area contributed by atoms with Gasteiger partial charge in [0.25, 0.3) is 0 Å². The van der Waals surface area contributed by atoms with Crippen molar-refractivity contribution in [2.75, 3.05) is 63.8 Å². The Bertz CT molecular complexity index is 614. The summed E-state index contributed by atoms with van der Waals surface area (Å²) in [6, 6.07) is 7.25. The molecule has 2 aliphatic rings. The molecule has 0 radical (unpaired) electrons. The zero-order valence-electron chi connectivity index (χ0n) is 16.9. The molecule has 0 spiro atoms. The number of amides is 1. The maximum atomic E-state index is 12.6. The van der Waals surface area contributed by atoms with Gasteiger partial charge in [-0.3, -0.25) is 14.6 Å². The third kappa shape index (κ3) is 4.57. The van der Waals surface area contributed by atoms with Crippen LogP contribution in [0.4, 0.5) is 5.69 Å². The molecule has 5 heteroatoms. The summed E-state index contributed by atoms with van der Waals surface area (Å²) in [5.41, 5.74) is 4.00. The van der Waals surface area contributed by atoms with E-state index in [4.69, 9.17) is 0 Å². The van der Waals surface area contributed by atoms with E-state index >= 15 is 0 Å². The highest BCUT2D eigenvalue weighted by Gasteiger charge is 2.25. The van der Waals surface area contributed by atoms with Crippen LogP contribution in [-0.4, -0.2) is 85.6 Å². The summed E-state index contributed by atoms with van der Waals surface area (Å²) < 4.78 is 0. The maximum absolute atomic E-state index is 12.6. The monoisotopic (exact) mass is 358 g/mol. The molecular weight excluding hydrogens is 324 g/mol. The van der Waals surface area contributed by atoms with Crippen LogP contribution in [0.3, 0.4) is 0 Å². The zero-order valence-corrected chi connectivity index (χ0v) is 16.9. The fraction of sp³-hybridized carbons (Fsp3) is 0.667. The minimum Gasteiger partial charge on any atom is -0.369 e. The standard InChI is InChI=1S/C21H34N4O/c1-17(2)23-11-13-25(14-12-23)21(26)16-22-7-9-24(10-8-22)20-6-5-18(3)15-19(20)4/h5-6,15,17H,7-14,16H2,1-4H3. The number of carbonyl (C=O) groups is 1. The van der Waals surface area contributed by atoms with Crippen LogP contribution in [0, 0.1) is 13.8 Å². The molecule has 0 atom stereocenters. The summed E-state index contributed by atoms with van der Waals surface area (Å²) in [7, 11) is 0. The lowest BCUT2D eigenvalue weighted by molar-refractivity contribution is -0.134. The Morgan fingerprint density at radius 2 is 1.62 bits per heavy atom. The first-order valence-electron chi connectivity index (χ1n) is 10.0. The maximum Gasteiger partial charge on any atom is 0.236 e. The number of rotatable bonds is 4. The van der Waals surface area contributed by atoms with Gasteiger partial charge < -0.3 is 9.80 Å². The molecule has 26 heavy (non-hydrogen) atoms. The summed E-state index contributed by atoms with van der Waals surface area (Å²) in [5, 5.41) is 0. The molecule has 0 bridgehead atoms. The van der Waals surface area contributed by atoms with Gasteiger partial charge in [0.05, 0.1) is 6.54 Å². The van der Waals surface area contributed by atoms with Gasteiger partial charge >= 0.3 is 0 Å². The largest absolute Gasteiger partial charge is 0.369 e. The first-order valence-corrected chi connectivity index (χ1v) is 10.0. The molecule has 0 N–H and O–H groups in total. The minimum atomic E-state index is 0.299. The van der Waals surface area contributed by atoms with Crippen LogP contribution in [0.2, 0.25) is 0 Å². The first-order chi connectivity index (χ1) is 12.4. The molecule has 0 saturated carbocycles. The van der Waals surface area contributed by atoms with Gasteiger partial charge in [-0.1, -0.05) is 17.7 Å². The van der Waals surface area contributed by atoms with E-state index in [-0.39, 0.29) is 0 Å². The van der Waals surface area contributed by atoms with E-state index < -0.39 is 0 Å². The van der Waals surface area contributed by atoms with Crippen LogP contribution in [0.5, 0.6) is 0 Å². The Hall–Kier alpha value is -1.59. The fourth-order valence-corrected chi connectivity index (χ4v) is 4.09. The van der Waals surface area contributed by atoms with Gasteiger partial charge in [0.1, 0.15) is 0 Å². The van der Waals surface area contributed by atoms with Gasteiger partial charge in [-0.05, 0) is 39.3 Å². The van der Waals surface area contributed by atoms with Gasteiger partial charge in [-0.15, -0.1) is 0 Å². The van der Waals surface area contributed by atoms with Crippen molar-refractivity contribution in [1.82, 2.24) is 14.7 Å². The third-order valence-corrected chi connectivity index (χ3v) is 5.82. The minimum absolute atomic E-state index is 0.299. The second-order valence-corrected chi connectivity index (χ2v) is 8.06. The highest BCUT2D eigenvalue weighted by atomic mass is 16.2. The van der Waals surface area contributed by atoms with Crippen molar-refractivity contribution in [3.05, 3.63) is 29.3 Å². The highest BCUT2D eigenvalue weighted by molar-refractivity contribution is 5.78. The predicted octanol–water partition coefficient (Wildman–Crippen LogP) is 1.98. The molecule has 1 amide bonds. The molecule has 1 aromatic rings. The molecule has 2 aliphatic heterocycles. The fourth-order valence-electron chi connectivity index (χ4n) is 4.09. The van der Waals surface area contributed by atoms with Crippen molar-refractivity contribution in [3.63, 3.8) is 0 Å². The Morgan fingerprint density at radius 1 is 0.962 bits per heavy atom. The summed E-state index contributed by atoms with van der Waals surface area (Å²) in [6.07, 6.45) is 0. The number of hydrogen-bond acceptors (Lipinski definition) is 4. The third-order valence-electron chi connectivity index (χ3n) is 5.82. The molecule has 0 unspecified atom stereocenters. The van der Waals surface area contributed by atoms with Gasteiger partial charge in [-0.25, -0.2) is 0 Å². The smallest absolute Gasteiger partial charge is 0.236 e. The van der Waals surface area contributed by atoms with Crippen LogP contribution in [0.25, 0.3) is 0 Å². The SMILES string of the molecule is Cc1ccc(N2CCN(CC(=O)N3CCN(C(C)C)CC3)CC2)c(C)c1. The van der Waals surface area contributed by atoms with Crippen molar-refractivity contribution in [3.8, 4) is 0 Å². The first kappa shape index (κ1) is 19.2. The van der Waals surface area contributed by atoms with Crippen LogP contribution in [-0.2, 0) is 4.79 Å². The lowest BCUT2D eigenvalue weighted by Gasteiger charge is -2.39. The van der Waals surface area contributed by atoms with E-state index in [1.807, 2.05) is 0 Å². The average Bonchev–Trinajstić information content (AvgIpc) is 2.63. The van der Waals surface area contributed by atoms with E-state index in [0.29, 0.717) is 18.5 Å². The number of benzene rings is 1. The molecule has 5 nitrogen and oxygen atoms in total. The second-order valence-electron chi connectivity index (χ2n) is 8.06. The summed E-state index contributed by atoms with van der Waals surface area (Å²) in [5.74, 6) is 0.299. The van der Waals surface area contributed by atoms with Gasteiger partial charge in [0.15, 0.2) is 0 Å². The Balaban J connectivity index is 1.46. The molecule has 1 aromatic carbocycles. The summed E-state index contributed by atoms with van der Waals surface area (Å²) in [6.45, 7) is 17.0. The summed E-state index contributed by atoms with van der Waals surface area (Å²) >= 11 is 0. The second kappa shape index (κ2) is 8.40. The number of anilines is 1. The normalized spacial score (nSPS) is 20.0. The van der Waals surface area contributed by atoms with Crippen LogP contribution in [0.1, 0.15) is 25.0 Å². The van der Waals surface area contributed by atoms with E-state index in [1.54, 1.807) is 0 Å². The molecule has 2 heterocycles. The lowest BCUT2D eigenvalue weighted by Crippen LogP contribution is -2.54. The average molecular weight is 359 g/mol. The Labute approximate surface area is 158 Å². The number of hydrogen-bond donors (Lipinski definition) is 0.